The molecule has 0 spiro atoms. The molecule has 0 bridgehead atoms. The van der Waals surface area contributed by atoms with Gasteiger partial charge in [-0.15, -0.1) is 0 Å². The lowest BCUT2D eigenvalue weighted by molar-refractivity contribution is -0.140. The molecule has 0 aromatic heterocycles. The SMILES string of the molecule is OCC#CCOc1ccc(C(F)(F)F)c(F)c1. The summed E-state index contributed by atoms with van der Waals surface area (Å²) in [5.74, 6) is 3.21. The molecule has 0 heterocycles. The van der Waals surface area contributed by atoms with E-state index in [1.54, 1.807) is 0 Å². The van der Waals surface area contributed by atoms with Crippen LogP contribution in [-0.2, 0) is 6.18 Å². The first-order valence-corrected chi connectivity index (χ1v) is 4.51. The first-order chi connectivity index (χ1) is 7.95. The number of benzene rings is 1. The van der Waals surface area contributed by atoms with Crippen LogP contribution in [0.3, 0.4) is 0 Å². The summed E-state index contributed by atoms with van der Waals surface area (Å²) < 4.78 is 54.5. The van der Waals surface area contributed by atoms with E-state index < -0.39 is 17.6 Å². The van der Waals surface area contributed by atoms with Gasteiger partial charge >= 0.3 is 6.18 Å². The first-order valence-electron chi connectivity index (χ1n) is 4.51. The molecule has 1 rings (SSSR count). The molecule has 17 heavy (non-hydrogen) atoms. The molecule has 0 unspecified atom stereocenters. The molecule has 0 fully saturated rings. The topological polar surface area (TPSA) is 29.5 Å². The molecule has 2 nitrogen and oxygen atoms in total. The van der Waals surface area contributed by atoms with Gasteiger partial charge in [-0.1, -0.05) is 11.8 Å². The van der Waals surface area contributed by atoms with E-state index >= 15 is 0 Å². The third kappa shape index (κ3) is 3.96. The van der Waals surface area contributed by atoms with Gasteiger partial charge in [0.2, 0.25) is 0 Å². The van der Waals surface area contributed by atoms with E-state index in [1.165, 1.54) is 0 Å². The third-order valence-electron chi connectivity index (χ3n) is 1.76. The highest BCUT2D eigenvalue weighted by molar-refractivity contribution is 5.30. The number of alkyl halides is 3. The Labute approximate surface area is 94.8 Å². The standard InChI is InChI=1S/C11H8F4O2/c12-10-7-8(17-6-2-1-5-16)3-4-9(10)11(13,14)15/h3-4,7,16H,5-6H2. The van der Waals surface area contributed by atoms with E-state index in [1.807, 2.05) is 0 Å². The molecule has 0 saturated heterocycles. The fourth-order valence-electron chi connectivity index (χ4n) is 1.04. The molecule has 92 valence electrons. The maximum atomic E-state index is 13.0. The predicted octanol–water partition coefficient (Wildman–Crippen LogP) is 2.22. The van der Waals surface area contributed by atoms with E-state index in [2.05, 4.69) is 11.8 Å². The van der Waals surface area contributed by atoms with Crippen LogP contribution in [0.1, 0.15) is 5.56 Å². The molecular weight excluding hydrogens is 240 g/mol. The Morgan fingerprint density at radius 2 is 1.94 bits per heavy atom. The monoisotopic (exact) mass is 248 g/mol. The molecule has 6 heteroatoms. The smallest absolute Gasteiger partial charge is 0.419 e. The second-order valence-electron chi connectivity index (χ2n) is 2.94. The Kier molecular flexibility index (Phi) is 4.35. The minimum atomic E-state index is -4.72. The van der Waals surface area contributed by atoms with Crippen molar-refractivity contribution < 1.29 is 27.4 Å². The molecule has 0 saturated carbocycles. The summed E-state index contributed by atoms with van der Waals surface area (Å²) >= 11 is 0. The molecule has 1 aromatic carbocycles. The van der Waals surface area contributed by atoms with Gasteiger partial charge in [0.05, 0.1) is 5.56 Å². The second kappa shape index (κ2) is 5.55. The van der Waals surface area contributed by atoms with Crippen LogP contribution in [0.15, 0.2) is 18.2 Å². The highest BCUT2D eigenvalue weighted by Gasteiger charge is 2.33. The maximum absolute atomic E-state index is 13.0. The van der Waals surface area contributed by atoms with Gasteiger partial charge in [-0.05, 0) is 12.1 Å². The zero-order chi connectivity index (χ0) is 12.9. The Bertz CT molecular complexity index is 443. The van der Waals surface area contributed by atoms with Crippen LogP contribution in [0.4, 0.5) is 17.6 Å². The van der Waals surface area contributed by atoms with Gasteiger partial charge in [-0.25, -0.2) is 4.39 Å². The van der Waals surface area contributed by atoms with Crippen molar-refractivity contribution in [1.82, 2.24) is 0 Å². The lowest BCUT2D eigenvalue weighted by Gasteiger charge is -2.09. The van der Waals surface area contributed by atoms with E-state index in [0.29, 0.717) is 12.1 Å². The summed E-state index contributed by atoms with van der Waals surface area (Å²) in [5.41, 5.74) is -1.34. The van der Waals surface area contributed by atoms with Gasteiger partial charge in [-0.2, -0.15) is 13.2 Å². The van der Waals surface area contributed by atoms with E-state index in [9.17, 15) is 17.6 Å². The number of aliphatic hydroxyl groups is 1. The highest BCUT2D eigenvalue weighted by Crippen LogP contribution is 2.32. The number of hydrogen-bond acceptors (Lipinski definition) is 2. The van der Waals surface area contributed by atoms with Crippen LogP contribution in [0.2, 0.25) is 0 Å². The molecule has 0 aliphatic heterocycles. The predicted molar refractivity (Wildman–Crippen MR) is 51.8 cm³/mol. The van der Waals surface area contributed by atoms with Crippen molar-refractivity contribution in [2.75, 3.05) is 13.2 Å². The molecule has 0 aliphatic carbocycles. The normalized spacial score (nSPS) is 10.6. The minimum Gasteiger partial charge on any atom is -0.481 e. The summed E-state index contributed by atoms with van der Waals surface area (Å²) in [5, 5.41) is 8.32. The number of halogens is 4. The third-order valence-corrected chi connectivity index (χ3v) is 1.76. The van der Waals surface area contributed by atoms with E-state index in [0.717, 1.165) is 6.07 Å². The van der Waals surface area contributed by atoms with Crippen molar-refractivity contribution in [2.24, 2.45) is 0 Å². The van der Waals surface area contributed by atoms with Gasteiger partial charge in [0.15, 0.2) is 0 Å². The molecular formula is C11H8F4O2. The largest absolute Gasteiger partial charge is 0.481 e. The Hall–Kier alpha value is -1.74. The number of rotatable bonds is 2. The van der Waals surface area contributed by atoms with E-state index in [4.69, 9.17) is 9.84 Å². The van der Waals surface area contributed by atoms with Gasteiger partial charge < -0.3 is 9.84 Å². The van der Waals surface area contributed by atoms with Crippen molar-refractivity contribution in [2.45, 2.75) is 6.18 Å². The van der Waals surface area contributed by atoms with Crippen LogP contribution in [-0.4, -0.2) is 18.3 Å². The van der Waals surface area contributed by atoms with Gasteiger partial charge in [0, 0.05) is 6.07 Å². The quantitative estimate of drug-likeness (QED) is 0.642. The van der Waals surface area contributed by atoms with Crippen LogP contribution >= 0.6 is 0 Å². The number of hydrogen-bond donors (Lipinski definition) is 1. The molecule has 0 atom stereocenters. The van der Waals surface area contributed by atoms with Crippen molar-refractivity contribution in [3.63, 3.8) is 0 Å². The fraction of sp³-hybridized carbons (Fsp3) is 0.273. The Balaban J connectivity index is 2.76. The molecule has 0 aliphatic rings. The number of aliphatic hydroxyl groups excluding tert-OH is 1. The lowest BCUT2D eigenvalue weighted by Crippen LogP contribution is -2.08. The number of ether oxygens (including phenoxy) is 1. The van der Waals surface area contributed by atoms with Gasteiger partial charge in [0.1, 0.15) is 24.8 Å². The summed E-state index contributed by atoms with van der Waals surface area (Å²) in [6, 6.07) is 2.25. The summed E-state index contributed by atoms with van der Waals surface area (Å²) in [7, 11) is 0. The van der Waals surface area contributed by atoms with Crippen molar-refractivity contribution in [3.05, 3.63) is 29.6 Å². The average Bonchev–Trinajstić information content (AvgIpc) is 2.23. The van der Waals surface area contributed by atoms with Crippen LogP contribution in [0.5, 0.6) is 5.75 Å². The van der Waals surface area contributed by atoms with Gasteiger partial charge in [-0.3, -0.25) is 0 Å². The summed E-state index contributed by atoms with van der Waals surface area (Å²) in [6.45, 7) is -0.476. The van der Waals surface area contributed by atoms with Crippen molar-refractivity contribution >= 4 is 0 Å². The van der Waals surface area contributed by atoms with Crippen molar-refractivity contribution in [1.29, 1.82) is 0 Å². The Morgan fingerprint density at radius 3 is 2.47 bits per heavy atom. The van der Waals surface area contributed by atoms with Crippen LogP contribution in [0, 0.1) is 17.7 Å². The maximum Gasteiger partial charge on any atom is 0.419 e. The highest BCUT2D eigenvalue weighted by atomic mass is 19.4. The fourth-order valence-corrected chi connectivity index (χ4v) is 1.04. The van der Waals surface area contributed by atoms with E-state index in [-0.39, 0.29) is 19.0 Å². The van der Waals surface area contributed by atoms with Crippen LogP contribution < -0.4 is 4.74 Å². The Morgan fingerprint density at radius 1 is 1.24 bits per heavy atom. The summed E-state index contributed by atoms with van der Waals surface area (Å²) in [6.07, 6.45) is -4.72. The zero-order valence-corrected chi connectivity index (χ0v) is 8.51. The molecule has 1 N–H and O–H groups in total. The first kappa shape index (κ1) is 13.3. The van der Waals surface area contributed by atoms with Gasteiger partial charge in [0.25, 0.3) is 0 Å². The zero-order valence-electron chi connectivity index (χ0n) is 8.51. The lowest BCUT2D eigenvalue weighted by atomic mass is 10.2. The molecule has 0 amide bonds. The molecule has 0 radical (unpaired) electrons. The minimum absolute atomic E-state index is 0.0530. The average molecular weight is 248 g/mol. The summed E-state index contributed by atoms with van der Waals surface area (Å²) in [4.78, 5) is 0. The second-order valence-corrected chi connectivity index (χ2v) is 2.94. The molecule has 1 aromatic rings. The van der Waals surface area contributed by atoms with Crippen molar-refractivity contribution in [3.8, 4) is 17.6 Å². The van der Waals surface area contributed by atoms with Crippen LogP contribution in [0.25, 0.3) is 0 Å².